The third-order valence-electron chi connectivity index (χ3n) is 5.00. The third kappa shape index (κ3) is 4.72. The van der Waals surface area contributed by atoms with Crippen LogP contribution in [-0.4, -0.2) is 40.2 Å². The number of hydrogen-bond acceptors (Lipinski definition) is 4. The molecule has 0 saturated carbocycles. The van der Waals surface area contributed by atoms with Crippen molar-refractivity contribution in [1.82, 2.24) is 9.47 Å². The van der Waals surface area contributed by atoms with Crippen molar-refractivity contribution in [2.24, 2.45) is 4.99 Å². The zero-order valence-corrected chi connectivity index (χ0v) is 19.9. The average molecular weight is 498 g/mol. The van der Waals surface area contributed by atoms with Gasteiger partial charge in [0.25, 0.3) is 5.91 Å². The first kappa shape index (κ1) is 21.7. The number of nitrogens with zero attached hydrogens (tertiary/aromatic N) is 3. The number of amidine groups is 1. The second-order valence-corrected chi connectivity index (χ2v) is 8.94. The topological polar surface area (TPSA) is 46.8 Å². The first-order chi connectivity index (χ1) is 15.1. The zero-order chi connectivity index (χ0) is 21.8. The van der Waals surface area contributed by atoms with Crippen LogP contribution in [0.3, 0.4) is 0 Å². The van der Waals surface area contributed by atoms with Gasteiger partial charge in [0.2, 0.25) is 0 Å². The lowest BCUT2D eigenvalue weighted by Crippen LogP contribution is -2.28. The van der Waals surface area contributed by atoms with E-state index in [1.807, 2.05) is 56.3 Å². The Bertz CT molecular complexity index is 1150. The summed E-state index contributed by atoms with van der Waals surface area (Å²) in [5, 5.41) is 1.88. The Morgan fingerprint density at radius 1 is 1.16 bits per heavy atom. The summed E-state index contributed by atoms with van der Waals surface area (Å²) in [5.41, 5.74) is 2.12. The molecular formula is C24H24BrN3O2S. The first-order valence-electron chi connectivity index (χ1n) is 10.3. The molecule has 1 fully saturated rings. The maximum absolute atomic E-state index is 12.9. The molecule has 2 heterocycles. The fourth-order valence-corrected chi connectivity index (χ4v) is 5.01. The summed E-state index contributed by atoms with van der Waals surface area (Å²) in [4.78, 5) is 19.8. The number of fused-ring (bicyclic) bond motifs is 1. The number of ether oxygens (including phenoxy) is 1. The van der Waals surface area contributed by atoms with Gasteiger partial charge in [0.1, 0.15) is 12.4 Å². The van der Waals surface area contributed by atoms with Crippen LogP contribution in [0.5, 0.6) is 5.75 Å². The van der Waals surface area contributed by atoms with E-state index in [0.717, 1.165) is 31.9 Å². The number of carbonyl (C=O) groups is 1. The van der Waals surface area contributed by atoms with E-state index in [1.54, 1.807) is 4.90 Å². The number of hydrogen-bond donors (Lipinski definition) is 0. The van der Waals surface area contributed by atoms with Crippen LogP contribution in [0.4, 0.5) is 0 Å². The molecule has 5 nitrogen and oxygen atoms in total. The third-order valence-corrected chi connectivity index (χ3v) is 6.54. The van der Waals surface area contributed by atoms with Gasteiger partial charge < -0.3 is 9.30 Å². The van der Waals surface area contributed by atoms with E-state index in [0.29, 0.717) is 31.1 Å². The van der Waals surface area contributed by atoms with Gasteiger partial charge in [-0.3, -0.25) is 14.7 Å². The molecule has 0 bridgehead atoms. The predicted octanol–water partition coefficient (Wildman–Crippen LogP) is 5.79. The van der Waals surface area contributed by atoms with Gasteiger partial charge >= 0.3 is 0 Å². The van der Waals surface area contributed by atoms with Crippen LogP contribution in [0.25, 0.3) is 17.0 Å². The van der Waals surface area contributed by atoms with Crippen LogP contribution in [0.1, 0.15) is 19.4 Å². The molecule has 1 aromatic heterocycles. The van der Waals surface area contributed by atoms with Crippen molar-refractivity contribution in [1.29, 1.82) is 0 Å². The van der Waals surface area contributed by atoms with E-state index < -0.39 is 0 Å². The normalized spacial score (nSPS) is 16.7. The second-order valence-electron chi connectivity index (χ2n) is 7.02. The molecule has 0 N–H and O–H groups in total. The van der Waals surface area contributed by atoms with Gasteiger partial charge in [0.15, 0.2) is 5.17 Å². The number of para-hydroxylation sites is 1. The van der Waals surface area contributed by atoms with Crippen molar-refractivity contribution in [3.63, 3.8) is 0 Å². The van der Waals surface area contributed by atoms with Crippen LogP contribution in [0, 0.1) is 0 Å². The van der Waals surface area contributed by atoms with Crippen LogP contribution < -0.4 is 4.74 Å². The van der Waals surface area contributed by atoms with E-state index in [-0.39, 0.29) is 5.91 Å². The molecule has 1 aliphatic rings. The minimum Gasteiger partial charge on any atom is -0.492 e. The minimum absolute atomic E-state index is 0.0167. The number of likely N-dealkylation sites (N-methyl/N-ethyl adjacent to an activating group) is 1. The second kappa shape index (κ2) is 9.75. The first-order valence-corrected chi connectivity index (χ1v) is 11.9. The Hall–Kier alpha value is -2.51. The molecule has 160 valence electrons. The lowest BCUT2D eigenvalue weighted by atomic mass is 10.1. The lowest BCUT2D eigenvalue weighted by molar-refractivity contribution is -0.122. The molecule has 2 aromatic carbocycles. The predicted molar refractivity (Wildman–Crippen MR) is 133 cm³/mol. The number of aliphatic imine (C=N–C) groups is 1. The van der Waals surface area contributed by atoms with Crippen molar-refractivity contribution < 1.29 is 9.53 Å². The number of aromatic nitrogens is 1. The van der Waals surface area contributed by atoms with Crippen molar-refractivity contribution in [2.75, 3.05) is 19.7 Å². The summed E-state index contributed by atoms with van der Waals surface area (Å²) < 4.78 is 9.07. The van der Waals surface area contributed by atoms with Crippen LogP contribution in [-0.2, 0) is 11.3 Å². The van der Waals surface area contributed by atoms with Crippen LogP contribution >= 0.6 is 27.7 Å². The molecular weight excluding hydrogens is 474 g/mol. The summed E-state index contributed by atoms with van der Waals surface area (Å²) in [6.07, 6.45) is 4.08. The Morgan fingerprint density at radius 3 is 2.71 bits per heavy atom. The average Bonchev–Trinajstić information content (AvgIpc) is 3.26. The molecule has 1 amide bonds. The largest absolute Gasteiger partial charge is 0.492 e. The summed E-state index contributed by atoms with van der Waals surface area (Å²) >= 11 is 5.03. The Morgan fingerprint density at radius 2 is 1.97 bits per heavy atom. The summed E-state index contributed by atoms with van der Waals surface area (Å²) in [6, 6.07) is 16.0. The fourth-order valence-electron chi connectivity index (χ4n) is 3.56. The zero-order valence-electron chi connectivity index (χ0n) is 17.5. The monoisotopic (exact) mass is 497 g/mol. The molecule has 4 rings (SSSR count). The highest BCUT2D eigenvalue weighted by Gasteiger charge is 2.32. The minimum atomic E-state index is 0.0167. The number of amides is 1. The highest BCUT2D eigenvalue weighted by Crippen LogP contribution is 2.35. The maximum atomic E-state index is 12.9. The molecule has 0 unspecified atom stereocenters. The molecule has 1 aliphatic heterocycles. The van der Waals surface area contributed by atoms with Crippen molar-refractivity contribution in [3.05, 3.63) is 69.7 Å². The van der Waals surface area contributed by atoms with Gasteiger partial charge in [-0.25, -0.2) is 0 Å². The molecule has 0 atom stereocenters. The van der Waals surface area contributed by atoms with E-state index in [1.165, 1.54) is 11.8 Å². The summed E-state index contributed by atoms with van der Waals surface area (Å²) in [7, 11) is 0. The number of halogens is 1. The van der Waals surface area contributed by atoms with Gasteiger partial charge in [-0.15, -0.1) is 0 Å². The van der Waals surface area contributed by atoms with Crippen LogP contribution in [0.2, 0.25) is 0 Å². The lowest BCUT2D eigenvalue weighted by Gasteiger charge is -2.11. The van der Waals surface area contributed by atoms with Crippen LogP contribution in [0.15, 0.2) is 69.1 Å². The number of carbonyl (C=O) groups excluding carboxylic acids is 1. The summed E-state index contributed by atoms with van der Waals surface area (Å²) in [6.45, 7) is 6.50. The quantitative estimate of drug-likeness (QED) is 0.387. The van der Waals surface area contributed by atoms with Gasteiger partial charge in [-0.1, -0.05) is 34.1 Å². The van der Waals surface area contributed by atoms with Crippen molar-refractivity contribution in [2.45, 2.75) is 20.4 Å². The van der Waals surface area contributed by atoms with Crippen molar-refractivity contribution >= 4 is 55.7 Å². The van der Waals surface area contributed by atoms with E-state index >= 15 is 0 Å². The maximum Gasteiger partial charge on any atom is 0.266 e. The highest BCUT2D eigenvalue weighted by atomic mass is 79.9. The Balaban J connectivity index is 1.63. The Labute approximate surface area is 194 Å². The van der Waals surface area contributed by atoms with Gasteiger partial charge in [0, 0.05) is 40.2 Å². The van der Waals surface area contributed by atoms with Gasteiger partial charge in [0.05, 0.1) is 11.4 Å². The van der Waals surface area contributed by atoms with Gasteiger partial charge in [-0.2, -0.15) is 0 Å². The van der Waals surface area contributed by atoms with E-state index in [2.05, 4.69) is 43.8 Å². The number of rotatable bonds is 7. The van der Waals surface area contributed by atoms with Gasteiger partial charge in [-0.05, 0) is 62.0 Å². The van der Waals surface area contributed by atoms with E-state index in [9.17, 15) is 4.79 Å². The Kier molecular flexibility index (Phi) is 6.83. The van der Waals surface area contributed by atoms with E-state index in [4.69, 9.17) is 4.74 Å². The number of thioether (sulfide) groups is 1. The highest BCUT2D eigenvalue weighted by molar-refractivity contribution is 9.10. The standard InChI is InChI=1S/C24H24BrN3O2S/c1-3-26-24-28(4-2)23(29)22(31-24)14-17-16-27(21-11-10-18(25)15-20(17)21)12-13-30-19-8-6-5-7-9-19/h5-11,14-16H,3-4,12-13H2,1-2H3/b22-14-,26-24?. The molecule has 0 aliphatic carbocycles. The molecule has 1 saturated heterocycles. The van der Waals surface area contributed by atoms with Crippen molar-refractivity contribution in [3.8, 4) is 5.75 Å². The smallest absolute Gasteiger partial charge is 0.266 e. The molecule has 7 heteroatoms. The molecule has 3 aromatic rings. The SMILES string of the molecule is CCN=C1S/C(=C\c2cn(CCOc3ccccc3)c3ccc(Br)cc23)C(=O)N1CC. The molecule has 31 heavy (non-hydrogen) atoms. The summed E-state index contributed by atoms with van der Waals surface area (Å²) in [5.74, 6) is 0.877. The molecule has 0 radical (unpaired) electrons. The molecule has 0 spiro atoms. The fraction of sp³-hybridized carbons (Fsp3) is 0.250. The number of benzene rings is 2.